The van der Waals surface area contributed by atoms with Crippen LogP contribution in [0.25, 0.3) is 0 Å². The van der Waals surface area contributed by atoms with Gasteiger partial charge in [0.15, 0.2) is 0 Å². The van der Waals surface area contributed by atoms with E-state index in [1.54, 1.807) is 14.1 Å². The highest BCUT2D eigenvalue weighted by molar-refractivity contribution is 5.91. The predicted octanol–water partition coefficient (Wildman–Crippen LogP) is -0.116. The Hall–Kier alpha value is -1.65. The molecule has 1 N–H and O–H groups in total. The molecule has 0 spiro atoms. The second-order valence-electron chi connectivity index (χ2n) is 2.44. The van der Waals surface area contributed by atoms with Crippen molar-refractivity contribution in [3.8, 4) is 6.01 Å². The van der Waals surface area contributed by atoms with Crippen molar-refractivity contribution in [3.63, 3.8) is 0 Å². The molecule has 0 aliphatic carbocycles. The molecule has 12 heavy (non-hydrogen) atoms. The van der Waals surface area contributed by atoms with E-state index in [0.717, 1.165) is 0 Å². The zero-order valence-electron chi connectivity index (χ0n) is 6.85. The Labute approximate surface area is 69.7 Å². The summed E-state index contributed by atoms with van der Waals surface area (Å²) in [4.78, 5) is 19.6. The summed E-state index contributed by atoms with van der Waals surface area (Å²) >= 11 is 0. The third-order valence-electron chi connectivity index (χ3n) is 1.27. The van der Waals surface area contributed by atoms with Gasteiger partial charge in [-0.15, -0.1) is 0 Å². The summed E-state index contributed by atoms with van der Waals surface area (Å²) in [5.74, 6) is -0.257. The molecule has 64 valence electrons. The normalized spacial score (nSPS) is 9.50. The zero-order chi connectivity index (χ0) is 9.14. The molecule has 0 saturated heterocycles. The van der Waals surface area contributed by atoms with Crippen molar-refractivity contribution in [1.29, 1.82) is 0 Å². The number of aromatic nitrogens is 2. The van der Waals surface area contributed by atoms with Gasteiger partial charge in [0.25, 0.3) is 5.91 Å². The van der Waals surface area contributed by atoms with Crippen LogP contribution in [0.1, 0.15) is 10.5 Å². The Morgan fingerprint density at radius 2 is 2.25 bits per heavy atom. The number of amides is 1. The SMILES string of the molecule is CN(C)C(=O)c1ccnc(O)n1. The van der Waals surface area contributed by atoms with Crippen LogP contribution in [-0.2, 0) is 0 Å². The average Bonchev–Trinajstić information content (AvgIpc) is 2.03. The largest absolute Gasteiger partial charge is 0.479 e. The van der Waals surface area contributed by atoms with Crippen molar-refractivity contribution in [1.82, 2.24) is 14.9 Å². The molecule has 0 aliphatic heterocycles. The summed E-state index contributed by atoms with van der Waals surface area (Å²) in [6.07, 6.45) is 1.33. The predicted molar refractivity (Wildman–Crippen MR) is 41.7 cm³/mol. The van der Waals surface area contributed by atoms with Crippen LogP contribution >= 0.6 is 0 Å². The molecule has 0 unspecified atom stereocenters. The first-order chi connectivity index (χ1) is 5.61. The van der Waals surface area contributed by atoms with Gasteiger partial charge >= 0.3 is 6.01 Å². The number of carbonyl (C=O) groups excluding carboxylic acids is 1. The molecule has 0 bridgehead atoms. The van der Waals surface area contributed by atoms with Gasteiger partial charge in [-0.05, 0) is 6.07 Å². The first-order valence-corrected chi connectivity index (χ1v) is 3.35. The Morgan fingerprint density at radius 1 is 1.58 bits per heavy atom. The van der Waals surface area contributed by atoms with Crippen LogP contribution in [0.3, 0.4) is 0 Å². The van der Waals surface area contributed by atoms with Gasteiger partial charge in [-0.25, -0.2) is 4.98 Å². The van der Waals surface area contributed by atoms with E-state index in [-0.39, 0.29) is 17.6 Å². The minimum Gasteiger partial charge on any atom is -0.479 e. The molecule has 1 rings (SSSR count). The minimum atomic E-state index is -0.386. The number of rotatable bonds is 1. The highest BCUT2D eigenvalue weighted by atomic mass is 16.3. The molecule has 0 radical (unpaired) electrons. The van der Waals surface area contributed by atoms with E-state index in [1.165, 1.54) is 17.2 Å². The Morgan fingerprint density at radius 3 is 2.75 bits per heavy atom. The second kappa shape index (κ2) is 3.17. The molecule has 0 fully saturated rings. The molecular formula is C7H9N3O2. The van der Waals surface area contributed by atoms with Crippen molar-refractivity contribution in [2.45, 2.75) is 0 Å². The van der Waals surface area contributed by atoms with Gasteiger partial charge in [0.2, 0.25) is 0 Å². The molecule has 1 amide bonds. The van der Waals surface area contributed by atoms with E-state index in [9.17, 15) is 4.79 Å². The summed E-state index contributed by atoms with van der Waals surface area (Å²) in [5, 5.41) is 8.85. The van der Waals surface area contributed by atoms with E-state index in [4.69, 9.17) is 5.11 Å². The fourth-order valence-corrected chi connectivity index (χ4v) is 0.697. The minimum absolute atomic E-state index is 0.188. The van der Waals surface area contributed by atoms with E-state index >= 15 is 0 Å². The van der Waals surface area contributed by atoms with Crippen LogP contribution in [0.2, 0.25) is 0 Å². The van der Waals surface area contributed by atoms with Gasteiger partial charge in [-0.2, -0.15) is 4.98 Å². The molecule has 5 nitrogen and oxygen atoms in total. The standard InChI is InChI=1S/C7H9N3O2/c1-10(2)6(11)5-3-4-8-7(12)9-5/h3-4H,1-2H3,(H,8,9,12). The van der Waals surface area contributed by atoms with Gasteiger partial charge in [0.1, 0.15) is 5.69 Å². The first-order valence-electron chi connectivity index (χ1n) is 3.35. The van der Waals surface area contributed by atoms with Crippen LogP contribution in [0.4, 0.5) is 0 Å². The number of hydrogen-bond donors (Lipinski definition) is 1. The third kappa shape index (κ3) is 1.69. The van der Waals surface area contributed by atoms with Crippen molar-refractivity contribution >= 4 is 5.91 Å². The van der Waals surface area contributed by atoms with Gasteiger partial charge in [0.05, 0.1) is 0 Å². The van der Waals surface area contributed by atoms with Crippen molar-refractivity contribution in [2.75, 3.05) is 14.1 Å². The molecule has 1 heterocycles. The fraction of sp³-hybridized carbons (Fsp3) is 0.286. The average molecular weight is 167 g/mol. The van der Waals surface area contributed by atoms with Gasteiger partial charge < -0.3 is 10.0 Å². The Bertz CT molecular complexity index is 298. The molecule has 0 aliphatic rings. The Kier molecular flexibility index (Phi) is 2.23. The topological polar surface area (TPSA) is 66.3 Å². The summed E-state index contributed by atoms with van der Waals surface area (Å²) in [7, 11) is 3.23. The van der Waals surface area contributed by atoms with Gasteiger partial charge in [-0.3, -0.25) is 4.79 Å². The van der Waals surface area contributed by atoms with E-state index in [0.29, 0.717) is 0 Å². The lowest BCUT2D eigenvalue weighted by Gasteiger charge is -2.08. The highest BCUT2D eigenvalue weighted by Gasteiger charge is 2.09. The molecular weight excluding hydrogens is 158 g/mol. The second-order valence-corrected chi connectivity index (χ2v) is 2.44. The quantitative estimate of drug-likeness (QED) is 0.633. The first kappa shape index (κ1) is 8.45. The lowest BCUT2D eigenvalue weighted by molar-refractivity contribution is 0.0820. The fourth-order valence-electron chi connectivity index (χ4n) is 0.697. The number of carbonyl (C=O) groups is 1. The smallest absolute Gasteiger partial charge is 0.314 e. The van der Waals surface area contributed by atoms with Crippen LogP contribution in [-0.4, -0.2) is 40.0 Å². The molecule has 1 aromatic heterocycles. The van der Waals surface area contributed by atoms with Crippen LogP contribution in [0.5, 0.6) is 6.01 Å². The lowest BCUT2D eigenvalue weighted by atomic mass is 10.4. The zero-order valence-corrected chi connectivity index (χ0v) is 6.85. The molecule has 5 heteroatoms. The van der Waals surface area contributed by atoms with E-state index in [2.05, 4.69) is 9.97 Å². The molecule has 0 saturated carbocycles. The maximum atomic E-state index is 11.2. The van der Waals surface area contributed by atoms with E-state index in [1.807, 2.05) is 0 Å². The van der Waals surface area contributed by atoms with Crippen LogP contribution in [0, 0.1) is 0 Å². The van der Waals surface area contributed by atoms with Crippen molar-refractivity contribution < 1.29 is 9.90 Å². The summed E-state index contributed by atoms with van der Waals surface area (Å²) in [6.45, 7) is 0. The summed E-state index contributed by atoms with van der Waals surface area (Å²) < 4.78 is 0. The third-order valence-corrected chi connectivity index (χ3v) is 1.27. The van der Waals surface area contributed by atoms with Crippen LogP contribution < -0.4 is 0 Å². The van der Waals surface area contributed by atoms with Gasteiger partial charge in [-0.1, -0.05) is 0 Å². The lowest BCUT2D eigenvalue weighted by Crippen LogP contribution is -2.22. The number of hydrogen-bond acceptors (Lipinski definition) is 4. The maximum Gasteiger partial charge on any atom is 0.314 e. The molecule has 0 atom stereocenters. The highest BCUT2D eigenvalue weighted by Crippen LogP contribution is 2.01. The molecule has 0 aromatic carbocycles. The Balaban J connectivity index is 2.96. The molecule has 1 aromatic rings. The summed E-state index contributed by atoms with van der Waals surface area (Å²) in [6, 6.07) is 1.06. The number of aromatic hydroxyl groups is 1. The monoisotopic (exact) mass is 167 g/mol. The summed E-state index contributed by atoms with van der Waals surface area (Å²) in [5.41, 5.74) is 0.188. The van der Waals surface area contributed by atoms with Crippen molar-refractivity contribution in [3.05, 3.63) is 18.0 Å². The van der Waals surface area contributed by atoms with Gasteiger partial charge in [0, 0.05) is 20.3 Å². The maximum absolute atomic E-state index is 11.2. The van der Waals surface area contributed by atoms with E-state index < -0.39 is 0 Å². The van der Waals surface area contributed by atoms with Crippen molar-refractivity contribution in [2.24, 2.45) is 0 Å². The number of nitrogens with zero attached hydrogens (tertiary/aromatic N) is 3. The van der Waals surface area contributed by atoms with Crippen LogP contribution in [0.15, 0.2) is 12.3 Å².